The van der Waals surface area contributed by atoms with E-state index in [1.54, 1.807) is 0 Å². The Morgan fingerprint density at radius 3 is 2.37 bits per heavy atom. The fourth-order valence-electron chi connectivity index (χ4n) is 4.68. The van der Waals surface area contributed by atoms with Crippen LogP contribution in [0.1, 0.15) is 12.8 Å². The van der Waals surface area contributed by atoms with Gasteiger partial charge in [0.05, 0.1) is 11.8 Å². The smallest absolute Gasteiger partial charge is 0.240 e. The molecule has 0 radical (unpaired) electrons. The van der Waals surface area contributed by atoms with Crippen LogP contribution in [0.5, 0.6) is 0 Å². The zero-order chi connectivity index (χ0) is 19.0. The lowest BCUT2D eigenvalue weighted by atomic mass is 9.85. The molecule has 4 unspecified atom stereocenters. The number of carbonyl (C=O) groups is 3. The van der Waals surface area contributed by atoms with Crippen molar-refractivity contribution in [2.45, 2.75) is 12.8 Å². The number of benzene rings is 1. The molecule has 0 spiro atoms. The molecule has 1 saturated heterocycles. The first kappa shape index (κ1) is 17.8. The molecule has 0 aromatic heterocycles. The predicted molar refractivity (Wildman–Crippen MR) is 102 cm³/mol. The summed E-state index contributed by atoms with van der Waals surface area (Å²) in [6.07, 6.45) is 5.81. The average Bonchev–Trinajstić information content (AvgIpc) is 3.36. The summed E-state index contributed by atoms with van der Waals surface area (Å²) in [5.41, 5.74) is 1.13. The highest BCUT2D eigenvalue weighted by Crippen LogP contribution is 2.52. The van der Waals surface area contributed by atoms with Crippen LogP contribution in [0.3, 0.4) is 0 Å². The average molecular weight is 367 g/mol. The van der Waals surface area contributed by atoms with Crippen LogP contribution in [0.2, 0.25) is 0 Å². The number of rotatable bonds is 7. The SMILES string of the molecule is CN(CCCNC(=O)CN1C(=O)C2C3C=CC(C3)C2C1=O)c1ccccc1. The lowest BCUT2D eigenvalue weighted by Crippen LogP contribution is -2.42. The summed E-state index contributed by atoms with van der Waals surface area (Å²) in [7, 11) is 2.01. The molecular formula is C21H25N3O3. The zero-order valence-electron chi connectivity index (χ0n) is 15.5. The van der Waals surface area contributed by atoms with Crippen LogP contribution in [0.15, 0.2) is 42.5 Å². The van der Waals surface area contributed by atoms with Gasteiger partial charge in [0.25, 0.3) is 0 Å². The van der Waals surface area contributed by atoms with Crippen molar-refractivity contribution in [1.82, 2.24) is 10.2 Å². The highest BCUT2D eigenvalue weighted by molar-refractivity contribution is 6.08. The maximum absolute atomic E-state index is 12.6. The van der Waals surface area contributed by atoms with Crippen LogP contribution in [-0.4, -0.2) is 49.3 Å². The van der Waals surface area contributed by atoms with Crippen LogP contribution in [-0.2, 0) is 14.4 Å². The summed E-state index contributed by atoms with van der Waals surface area (Å²) in [6, 6.07) is 10.1. The molecule has 6 heteroatoms. The number of para-hydroxylation sites is 1. The van der Waals surface area contributed by atoms with E-state index in [-0.39, 0.29) is 47.9 Å². The van der Waals surface area contributed by atoms with Crippen LogP contribution in [0, 0.1) is 23.7 Å². The molecule has 2 fully saturated rings. The minimum atomic E-state index is -0.264. The minimum absolute atomic E-state index is 0.154. The molecular weight excluding hydrogens is 342 g/mol. The highest BCUT2D eigenvalue weighted by atomic mass is 16.2. The second-order valence-electron chi connectivity index (χ2n) is 7.72. The topological polar surface area (TPSA) is 69.7 Å². The number of imide groups is 1. The standard InChI is InChI=1S/C21H25N3O3/c1-23(16-6-3-2-4-7-16)11-5-10-22-17(25)13-24-20(26)18-14-8-9-15(12-14)19(18)21(24)27/h2-4,6-9,14-15,18-19H,5,10-13H2,1H3,(H,22,25). The minimum Gasteiger partial charge on any atom is -0.375 e. The molecule has 1 heterocycles. The van der Waals surface area contributed by atoms with Gasteiger partial charge in [-0.1, -0.05) is 30.4 Å². The van der Waals surface area contributed by atoms with E-state index >= 15 is 0 Å². The van der Waals surface area contributed by atoms with E-state index in [0.29, 0.717) is 6.54 Å². The summed E-state index contributed by atoms with van der Waals surface area (Å²) in [5, 5.41) is 2.83. The lowest BCUT2D eigenvalue weighted by Gasteiger charge is -2.20. The Kier molecular flexibility index (Phi) is 4.72. The van der Waals surface area contributed by atoms with Crippen molar-refractivity contribution in [2.24, 2.45) is 23.7 Å². The van der Waals surface area contributed by atoms with Crippen molar-refractivity contribution in [1.29, 1.82) is 0 Å². The van der Waals surface area contributed by atoms with E-state index in [4.69, 9.17) is 0 Å². The van der Waals surface area contributed by atoms with E-state index in [1.165, 1.54) is 4.90 Å². The molecule has 1 aromatic carbocycles. The Morgan fingerprint density at radius 2 is 1.74 bits per heavy atom. The predicted octanol–water partition coefficient (Wildman–Crippen LogP) is 1.44. The zero-order valence-corrected chi connectivity index (χ0v) is 15.5. The van der Waals surface area contributed by atoms with Crippen molar-refractivity contribution in [3.63, 3.8) is 0 Å². The van der Waals surface area contributed by atoms with Gasteiger partial charge in [0, 0.05) is 25.8 Å². The van der Waals surface area contributed by atoms with Gasteiger partial charge in [0.15, 0.2) is 0 Å². The van der Waals surface area contributed by atoms with Gasteiger partial charge < -0.3 is 10.2 Å². The number of hydrogen-bond donors (Lipinski definition) is 1. The van der Waals surface area contributed by atoms with E-state index in [2.05, 4.69) is 22.4 Å². The van der Waals surface area contributed by atoms with Crippen molar-refractivity contribution in [2.75, 3.05) is 31.6 Å². The summed E-state index contributed by atoms with van der Waals surface area (Å²) in [6.45, 7) is 1.18. The molecule has 2 bridgehead atoms. The molecule has 4 atom stereocenters. The molecule has 27 heavy (non-hydrogen) atoms. The molecule has 142 valence electrons. The number of carbonyl (C=O) groups excluding carboxylic acids is 3. The highest BCUT2D eigenvalue weighted by Gasteiger charge is 2.59. The Labute approximate surface area is 159 Å². The fraction of sp³-hybridized carbons (Fsp3) is 0.476. The van der Waals surface area contributed by atoms with Crippen molar-refractivity contribution >= 4 is 23.4 Å². The second-order valence-corrected chi connectivity index (χ2v) is 7.72. The third-order valence-corrected chi connectivity index (χ3v) is 6.05. The Balaban J connectivity index is 1.22. The number of fused-ring (bicyclic) bond motifs is 5. The molecule has 1 aromatic rings. The molecule has 3 amide bonds. The van der Waals surface area contributed by atoms with Crippen molar-refractivity contribution < 1.29 is 14.4 Å². The van der Waals surface area contributed by atoms with Gasteiger partial charge in [-0.05, 0) is 36.8 Å². The van der Waals surface area contributed by atoms with Crippen LogP contribution in [0.4, 0.5) is 5.69 Å². The lowest BCUT2D eigenvalue weighted by molar-refractivity contribution is -0.144. The molecule has 6 nitrogen and oxygen atoms in total. The molecule has 1 saturated carbocycles. The first-order chi connectivity index (χ1) is 13.1. The summed E-state index contributed by atoms with van der Waals surface area (Å²) in [5.74, 6) is -0.711. The quantitative estimate of drug-likeness (QED) is 0.450. The van der Waals surface area contributed by atoms with Gasteiger partial charge in [0.1, 0.15) is 6.54 Å². The van der Waals surface area contributed by atoms with Crippen molar-refractivity contribution in [3.8, 4) is 0 Å². The first-order valence-corrected chi connectivity index (χ1v) is 9.62. The number of amides is 3. The summed E-state index contributed by atoms with van der Waals surface area (Å²) < 4.78 is 0. The Morgan fingerprint density at radius 1 is 1.11 bits per heavy atom. The third kappa shape index (κ3) is 3.24. The number of likely N-dealkylation sites (tertiary alicyclic amines) is 1. The Hall–Kier alpha value is -2.63. The largest absolute Gasteiger partial charge is 0.375 e. The Bertz CT molecular complexity index is 746. The summed E-state index contributed by atoms with van der Waals surface area (Å²) in [4.78, 5) is 40.7. The van der Waals surface area contributed by atoms with Crippen LogP contribution >= 0.6 is 0 Å². The number of hydrogen-bond acceptors (Lipinski definition) is 4. The molecule has 3 aliphatic rings. The molecule has 4 rings (SSSR count). The second kappa shape index (κ2) is 7.18. The van der Waals surface area contributed by atoms with E-state index < -0.39 is 0 Å². The van der Waals surface area contributed by atoms with Crippen LogP contribution in [0.25, 0.3) is 0 Å². The van der Waals surface area contributed by atoms with E-state index in [9.17, 15) is 14.4 Å². The van der Waals surface area contributed by atoms with Crippen LogP contribution < -0.4 is 10.2 Å². The third-order valence-electron chi connectivity index (χ3n) is 6.05. The summed E-state index contributed by atoms with van der Waals surface area (Å²) >= 11 is 0. The fourth-order valence-corrected chi connectivity index (χ4v) is 4.68. The number of nitrogens with zero attached hydrogens (tertiary/aromatic N) is 2. The molecule has 1 N–H and O–H groups in total. The van der Waals surface area contributed by atoms with Gasteiger partial charge in [-0.15, -0.1) is 0 Å². The molecule has 2 aliphatic carbocycles. The first-order valence-electron chi connectivity index (χ1n) is 9.62. The van der Waals surface area contributed by atoms with Crippen molar-refractivity contribution in [3.05, 3.63) is 42.5 Å². The molecule has 1 aliphatic heterocycles. The maximum Gasteiger partial charge on any atom is 0.240 e. The van der Waals surface area contributed by atoms with Gasteiger partial charge in [-0.2, -0.15) is 0 Å². The van der Waals surface area contributed by atoms with Gasteiger partial charge >= 0.3 is 0 Å². The monoisotopic (exact) mass is 367 g/mol. The van der Waals surface area contributed by atoms with Gasteiger partial charge in [0.2, 0.25) is 17.7 Å². The number of anilines is 1. The maximum atomic E-state index is 12.6. The normalized spacial score (nSPS) is 28.0. The van der Waals surface area contributed by atoms with Gasteiger partial charge in [-0.3, -0.25) is 19.3 Å². The number of nitrogens with one attached hydrogen (secondary N) is 1. The van der Waals surface area contributed by atoms with E-state index in [0.717, 1.165) is 25.1 Å². The number of allylic oxidation sites excluding steroid dienone is 2. The van der Waals surface area contributed by atoms with E-state index in [1.807, 2.05) is 37.4 Å². The van der Waals surface area contributed by atoms with Gasteiger partial charge in [-0.25, -0.2) is 0 Å².